The summed E-state index contributed by atoms with van der Waals surface area (Å²) in [6.45, 7) is 7.77. The average Bonchev–Trinajstić information content (AvgIpc) is 2.55. The van der Waals surface area contributed by atoms with Gasteiger partial charge in [-0.15, -0.1) is 0 Å². The Bertz CT molecular complexity index is 543. The number of piperazine rings is 1. The van der Waals surface area contributed by atoms with Crippen LogP contribution in [0.2, 0.25) is 0 Å². The number of hydrogen-bond acceptors (Lipinski definition) is 4. The van der Waals surface area contributed by atoms with Crippen LogP contribution in [0, 0.1) is 17.1 Å². The van der Waals surface area contributed by atoms with Gasteiger partial charge in [-0.05, 0) is 25.0 Å². The zero-order chi connectivity index (χ0) is 16.2. The highest BCUT2D eigenvalue weighted by molar-refractivity contribution is 5.60. The molecule has 0 radical (unpaired) electrons. The normalized spacial score (nSPS) is 16.6. The van der Waals surface area contributed by atoms with Gasteiger partial charge in [0.1, 0.15) is 17.4 Å². The molecule has 1 N–H and O–H groups in total. The van der Waals surface area contributed by atoms with E-state index in [0.29, 0.717) is 12.2 Å². The molecule has 0 amide bonds. The van der Waals surface area contributed by atoms with Gasteiger partial charge in [-0.2, -0.15) is 5.26 Å². The molecular formula is C17H24FN3O. The third-order valence-corrected chi connectivity index (χ3v) is 4.65. The second kappa shape index (κ2) is 7.08. The first kappa shape index (κ1) is 16.7. The van der Waals surface area contributed by atoms with Crippen molar-refractivity contribution in [3.8, 4) is 6.07 Å². The SMILES string of the molecule is CCC(O)(CC)CN1CCN(c2cccc(F)c2C#N)CC1. The molecule has 1 fully saturated rings. The van der Waals surface area contributed by atoms with Crippen LogP contribution in [-0.2, 0) is 0 Å². The van der Waals surface area contributed by atoms with Gasteiger partial charge in [-0.1, -0.05) is 19.9 Å². The third kappa shape index (κ3) is 3.57. The highest BCUT2D eigenvalue weighted by Gasteiger charge is 2.28. The molecule has 22 heavy (non-hydrogen) atoms. The van der Waals surface area contributed by atoms with Crippen molar-refractivity contribution >= 4 is 5.69 Å². The zero-order valence-corrected chi connectivity index (χ0v) is 13.3. The maximum atomic E-state index is 13.7. The molecule has 1 aromatic rings. The maximum Gasteiger partial charge on any atom is 0.143 e. The fraction of sp³-hybridized carbons (Fsp3) is 0.588. The van der Waals surface area contributed by atoms with E-state index >= 15 is 0 Å². The van der Waals surface area contributed by atoms with Crippen molar-refractivity contribution in [2.75, 3.05) is 37.6 Å². The van der Waals surface area contributed by atoms with E-state index in [1.807, 2.05) is 19.9 Å². The molecule has 2 rings (SSSR count). The summed E-state index contributed by atoms with van der Waals surface area (Å²) in [5.41, 5.74) is 0.164. The third-order valence-electron chi connectivity index (χ3n) is 4.65. The van der Waals surface area contributed by atoms with Crippen LogP contribution in [0.3, 0.4) is 0 Å². The molecule has 0 unspecified atom stereocenters. The van der Waals surface area contributed by atoms with Crippen LogP contribution in [0.5, 0.6) is 0 Å². The van der Waals surface area contributed by atoms with E-state index in [1.165, 1.54) is 6.07 Å². The smallest absolute Gasteiger partial charge is 0.143 e. The highest BCUT2D eigenvalue weighted by atomic mass is 19.1. The van der Waals surface area contributed by atoms with Crippen LogP contribution in [0.15, 0.2) is 18.2 Å². The van der Waals surface area contributed by atoms with E-state index in [2.05, 4.69) is 9.80 Å². The van der Waals surface area contributed by atoms with Crippen molar-refractivity contribution < 1.29 is 9.50 Å². The zero-order valence-electron chi connectivity index (χ0n) is 13.3. The number of nitriles is 1. The number of hydrogen-bond donors (Lipinski definition) is 1. The second-order valence-corrected chi connectivity index (χ2v) is 5.94. The summed E-state index contributed by atoms with van der Waals surface area (Å²) in [4.78, 5) is 4.30. The molecule has 0 aliphatic carbocycles. The summed E-state index contributed by atoms with van der Waals surface area (Å²) >= 11 is 0. The number of anilines is 1. The first-order chi connectivity index (χ1) is 10.5. The Morgan fingerprint density at radius 1 is 1.23 bits per heavy atom. The van der Waals surface area contributed by atoms with E-state index < -0.39 is 11.4 Å². The number of halogens is 1. The number of benzene rings is 1. The van der Waals surface area contributed by atoms with Gasteiger partial charge < -0.3 is 10.0 Å². The van der Waals surface area contributed by atoms with Gasteiger partial charge in [-0.25, -0.2) is 4.39 Å². The number of β-amino-alcohol motifs (C(OH)–C–C–N with tert-alkyl or cyclic N) is 1. The fourth-order valence-electron chi connectivity index (χ4n) is 2.92. The standard InChI is InChI=1S/C17H24FN3O/c1-3-17(22,4-2)13-20-8-10-21(11-9-20)16-7-5-6-15(18)14(16)12-19/h5-7,22H,3-4,8-11,13H2,1-2H3. The molecule has 1 saturated heterocycles. The summed E-state index contributed by atoms with van der Waals surface area (Å²) in [5.74, 6) is -0.464. The van der Waals surface area contributed by atoms with Crippen LogP contribution < -0.4 is 4.90 Å². The number of rotatable bonds is 5. The Morgan fingerprint density at radius 2 is 1.86 bits per heavy atom. The van der Waals surface area contributed by atoms with E-state index in [9.17, 15) is 9.50 Å². The minimum Gasteiger partial charge on any atom is -0.389 e. The van der Waals surface area contributed by atoms with Crippen LogP contribution in [0.4, 0.5) is 10.1 Å². The monoisotopic (exact) mass is 305 g/mol. The first-order valence-electron chi connectivity index (χ1n) is 7.91. The molecule has 1 aliphatic rings. The van der Waals surface area contributed by atoms with E-state index in [0.717, 1.165) is 39.0 Å². The lowest BCUT2D eigenvalue weighted by atomic mass is 9.96. The Labute approximate surface area is 131 Å². The molecule has 1 heterocycles. The Morgan fingerprint density at radius 3 is 2.41 bits per heavy atom. The van der Waals surface area contributed by atoms with E-state index in [-0.39, 0.29) is 5.56 Å². The van der Waals surface area contributed by atoms with Gasteiger partial charge in [-0.3, -0.25) is 4.90 Å². The molecule has 0 bridgehead atoms. The molecule has 0 spiro atoms. The largest absolute Gasteiger partial charge is 0.389 e. The van der Waals surface area contributed by atoms with Crippen molar-refractivity contribution in [2.45, 2.75) is 32.3 Å². The Balaban J connectivity index is 2.01. The number of aliphatic hydroxyl groups is 1. The van der Waals surface area contributed by atoms with E-state index in [1.54, 1.807) is 12.1 Å². The first-order valence-corrected chi connectivity index (χ1v) is 7.91. The van der Waals surface area contributed by atoms with Crippen molar-refractivity contribution in [3.05, 3.63) is 29.6 Å². The topological polar surface area (TPSA) is 50.5 Å². The summed E-state index contributed by atoms with van der Waals surface area (Å²) in [5, 5.41) is 19.6. The predicted octanol–water partition coefficient (Wildman–Crippen LogP) is 2.37. The van der Waals surface area contributed by atoms with Crippen molar-refractivity contribution in [2.24, 2.45) is 0 Å². The molecule has 0 saturated carbocycles. The lowest BCUT2D eigenvalue weighted by molar-refractivity contribution is -0.00455. The van der Waals surface area contributed by atoms with Crippen molar-refractivity contribution in [1.82, 2.24) is 4.90 Å². The number of nitrogens with zero attached hydrogens (tertiary/aromatic N) is 3. The summed E-state index contributed by atoms with van der Waals surface area (Å²) < 4.78 is 13.7. The summed E-state index contributed by atoms with van der Waals surface area (Å²) in [7, 11) is 0. The summed E-state index contributed by atoms with van der Waals surface area (Å²) in [6, 6.07) is 6.72. The average molecular weight is 305 g/mol. The van der Waals surface area contributed by atoms with Crippen molar-refractivity contribution in [1.29, 1.82) is 5.26 Å². The maximum absolute atomic E-state index is 13.7. The minimum absolute atomic E-state index is 0.120. The molecule has 1 aromatic carbocycles. The van der Waals surface area contributed by atoms with Gasteiger partial charge in [0, 0.05) is 32.7 Å². The Kier molecular flexibility index (Phi) is 5.38. The van der Waals surface area contributed by atoms with Gasteiger partial charge in [0.05, 0.1) is 11.3 Å². The molecule has 1 aliphatic heterocycles. The minimum atomic E-state index is -0.626. The van der Waals surface area contributed by atoms with Gasteiger partial charge in [0.2, 0.25) is 0 Å². The fourth-order valence-corrected chi connectivity index (χ4v) is 2.92. The lowest BCUT2D eigenvalue weighted by Crippen LogP contribution is -2.52. The van der Waals surface area contributed by atoms with Gasteiger partial charge in [0.15, 0.2) is 0 Å². The molecule has 4 nitrogen and oxygen atoms in total. The lowest BCUT2D eigenvalue weighted by Gasteiger charge is -2.40. The second-order valence-electron chi connectivity index (χ2n) is 5.94. The molecule has 0 atom stereocenters. The highest BCUT2D eigenvalue weighted by Crippen LogP contribution is 2.24. The van der Waals surface area contributed by atoms with Crippen LogP contribution in [0.1, 0.15) is 32.3 Å². The van der Waals surface area contributed by atoms with Crippen LogP contribution >= 0.6 is 0 Å². The van der Waals surface area contributed by atoms with E-state index in [4.69, 9.17) is 5.26 Å². The van der Waals surface area contributed by atoms with Crippen molar-refractivity contribution in [3.63, 3.8) is 0 Å². The quantitative estimate of drug-likeness (QED) is 0.907. The van der Waals surface area contributed by atoms with Gasteiger partial charge in [0.25, 0.3) is 0 Å². The molecule has 0 aromatic heterocycles. The van der Waals surface area contributed by atoms with Crippen LogP contribution in [0.25, 0.3) is 0 Å². The molecule has 5 heteroatoms. The summed E-state index contributed by atoms with van der Waals surface area (Å²) in [6.07, 6.45) is 1.48. The Hall–Kier alpha value is -1.64. The predicted molar refractivity (Wildman–Crippen MR) is 85.3 cm³/mol. The molecule has 120 valence electrons. The van der Waals surface area contributed by atoms with Crippen LogP contribution in [-0.4, -0.2) is 48.3 Å². The van der Waals surface area contributed by atoms with Gasteiger partial charge >= 0.3 is 0 Å². The molecular weight excluding hydrogens is 281 g/mol.